The van der Waals surface area contributed by atoms with Gasteiger partial charge in [-0.15, -0.1) is 6.58 Å². The van der Waals surface area contributed by atoms with Crippen LogP contribution in [0.25, 0.3) is 0 Å². The number of allylic oxidation sites excluding steroid dienone is 1. The molecule has 0 spiro atoms. The molecule has 0 aromatic heterocycles. The SMILES string of the molecule is C=C[C@@H](C)[C@H]1CC[C@H]2[C@@H]3CC[C@@H]4C[C@@](O)(CC)CC[C@]4(C)[C@H]3CC[C@]12C. The van der Waals surface area contributed by atoms with Crippen LogP contribution in [-0.2, 0) is 0 Å². The molecule has 1 nitrogen and oxygen atoms in total. The lowest BCUT2D eigenvalue weighted by molar-refractivity contribution is -0.152. The third kappa shape index (κ3) is 2.59. The molecule has 1 heteroatoms. The van der Waals surface area contributed by atoms with Gasteiger partial charge < -0.3 is 5.11 Å². The van der Waals surface area contributed by atoms with Crippen molar-refractivity contribution < 1.29 is 5.11 Å². The van der Waals surface area contributed by atoms with Crippen LogP contribution in [0.3, 0.4) is 0 Å². The van der Waals surface area contributed by atoms with Gasteiger partial charge in [-0.3, -0.25) is 0 Å². The highest BCUT2D eigenvalue weighted by Crippen LogP contribution is 2.68. The van der Waals surface area contributed by atoms with Crippen LogP contribution < -0.4 is 0 Å². The highest BCUT2D eigenvalue weighted by Gasteiger charge is 2.61. The maximum Gasteiger partial charge on any atom is 0.0648 e. The van der Waals surface area contributed by atoms with Crippen LogP contribution in [0.5, 0.6) is 0 Å². The average molecular weight is 359 g/mol. The topological polar surface area (TPSA) is 20.2 Å². The second kappa shape index (κ2) is 6.36. The van der Waals surface area contributed by atoms with E-state index in [1.165, 1.54) is 44.9 Å². The molecule has 0 saturated heterocycles. The first kappa shape index (κ1) is 19.0. The predicted octanol–water partition coefficient (Wildman–Crippen LogP) is 6.61. The van der Waals surface area contributed by atoms with E-state index in [2.05, 4.69) is 40.3 Å². The molecular formula is C25H42O. The molecule has 0 unspecified atom stereocenters. The van der Waals surface area contributed by atoms with Crippen LogP contribution in [-0.4, -0.2) is 10.7 Å². The summed E-state index contributed by atoms with van der Waals surface area (Å²) in [4.78, 5) is 0. The van der Waals surface area contributed by atoms with Crippen LogP contribution in [0.15, 0.2) is 12.7 Å². The second-order valence-electron chi connectivity index (χ2n) is 11.3. The van der Waals surface area contributed by atoms with E-state index in [9.17, 15) is 5.11 Å². The molecule has 0 heterocycles. The lowest BCUT2D eigenvalue weighted by atomic mass is 9.43. The molecule has 4 aliphatic rings. The normalized spacial score (nSPS) is 54.7. The van der Waals surface area contributed by atoms with Gasteiger partial charge in [0.15, 0.2) is 0 Å². The monoisotopic (exact) mass is 358 g/mol. The minimum atomic E-state index is -0.363. The van der Waals surface area contributed by atoms with Crippen LogP contribution >= 0.6 is 0 Å². The Balaban J connectivity index is 1.58. The summed E-state index contributed by atoms with van der Waals surface area (Å²) in [6.45, 7) is 14.0. The predicted molar refractivity (Wildman–Crippen MR) is 110 cm³/mol. The highest BCUT2D eigenvalue weighted by atomic mass is 16.3. The fourth-order valence-corrected chi connectivity index (χ4v) is 8.71. The number of rotatable bonds is 3. The number of hydrogen-bond donors (Lipinski definition) is 1. The maximum absolute atomic E-state index is 10.9. The van der Waals surface area contributed by atoms with E-state index in [1.54, 1.807) is 0 Å². The first-order valence-corrected chi connectivity index (χ1v) is 11.6. The van der Waals surface area contributed by atoms with E-state index in [0.29, 0.717) is 16.7 Å². The molecule has 0 bridgehead atoms. The van der Waals surface area contributed by atoms with E-state index < -0.39 is 0 Å². The molecule has 0 aliphatic heterocycles. The van der Waals surface area contributed by atoms with Crippen molar-refractivity contribution in [1.82, 2.24) is 0 Å². The summed E-state index contributed by atoms with van der Waals surface area (Å²) in [5, 5.41) is 10.9. The van der Waals surface area contributed by atoms with E-state index in [-0.39, 0.29) is 5.60 Å². The van der Waals surface area contributed by atoms with Gasteiger partial charge in [0, 0.05) is 0 Å². The summed E-state index contributed by atoms with van der Waals surface area (Å²) in [7, 11) is 0. The maximum atomic E-state index is 10.9. The minimum Gasteiger partial charge on any atom is -0.390 e. The van der Waals surface area contributed by atoms with Crippen molar-refractivity contribution in [3.05, 3.63) is 12.7 Å². The van der Waals surface area contributed by atoms with Gasteiger partial charge in [0.2, 0.25) is 0 Å². The largest absolute Gasteiger partial charge is 0.390 e. The quantitative estimate of drug-likeness (QED) is 0.563. The molecule has 0 aromatic rings. The molecule has 4 aliphatic carbocycles. The third-order valence-electron chi connectivity index (χ3n) is 10.6. The average Bonchev–Trinajstić information content (AvgIpc) is 2.99. The van der Waals surface area contributed by atoms with E-state index in [4.69, 9.17) is 0 Å². The number of fused-ring (bicyclic) bond motifs is 5. The zero-order valence-electron chi connectivity index (χ0n) is 17.8. The molecule has 4 rings (SSSR count). The minimum absolute atomic E-state index is 0.363. The van der Waals surface area contributed by atoms with Gasteiger partial charge in [-0.2, -0.15) is 0 Å². The van der Waals surface area contributed by atoms with Crippen LogP contribution in [0.2, 0.25) is 0 Å². The van der Waals surface area contributed by atoms with Crippen LogP contribution in [0, 0.1) is 46.3 Å². The highest BCUT2D eigenvalue weighted by molar-refractivity contribution is 5.11. The third-order valence-corrected chi connectivity index (χ3v) is 10.6. The Bertz CT molecular complexity index is 554. The Morgan fingerprint density at radius 1 is 1.00 bits per heavy atom. The summed E-state index contributed by atoms with van der Waals surface area (Å²) in [5.74, 6) is 5.09. The molecule has 4 saturated carbocycles. The Kier molecular flexibility index (Phi) is 4.66. The zero-order chi connectivity index (χ0) is 18.7. The standard InChI is InChI=1S/C25H42O/c1-6-17(3)20-10-11-21-19-9-8-18-16-25(26,7-2)15-14-23(18,4)22(19)12-13-24(20,21)5/h6,17-22,26H,1,7-16H2,2-5H3/t17-,18-,19+,20-,21+,22+,23+,24-,25-/m1/s1. The van der Waals surface area contributed by atoms with Crippen molar-refractivity contribution in [3.63, 3.8) is 0 Å². The first-order valence-electron chi connectivity index (χ1n) is 11.6. The molecule has 0 radical (unpaired) electrons. The van der Waals surface area contributed by atoms with Crippen LogP contribution in [0.1, 0.15) is 91.9 Å². The molecule has 4 fully saturated rings. The van der Waals surface area contributed by atoms with Gasteiger partial charge in [-0.05, 0) is 111 Å². The Labute approximate surface area is 162 Å². The summed E-state index contributed by atoms with van der Waals surface area (Å²) >= 11 is 0. The van der Waals surface area contributed by atoms with Crippen molar-refractivity contribution in [1.29, 1.82) is 0 Å². The van der Waals surface area contributed by atoms with Crippen molar-refractivity contribution in [3.8, 4) is 0 Å². The fraction of sp³-hybridized carbons (Fsp3) is 0.920. The van der Waals surface area contributed by atoms with Gasteiger partial charge >= 0.3 is 0 Å². The summed E-state index contributed by atoms with van der Waals surface area (Å²) < 4.78 is 0. The molecule has 9 atom stereocenters. The molecule has 148 valence electrons. The van der Waals surface area contributed by atoms with Crippen LogP contribution in [0.4, 0.5) is 0 Å². The van der Waals surface area contributed by atoms with Gasteiger partial charge in [-0.1, -0.05) is 33.8 Å². The summed E-state index contributed by atoms with van der Waals surface area (Å²) in [5.41, 5.74) is 0.683. The number of hydrogen-bond acceptors (Lipinski definition) is 1. The second-order valence-corrected chi connectivity index (χ2v) is 11.3. The number of aliphatic hydroxyl groups is 1. The molecule has 0 aromatic carbocycles. The molecule has 1 N–H and O–H groups in total. The molecule has 0 amide bonds. The summed E-state index contributed by atoms with van der Waals surface area (Å²) in [6, 6.07) is 0. The molecular weight excluding hydrogens is 316 g/mol. The van der Waals surface area contributed by atoms with E-state index in [0.717, 1.165) is 48.9 Å². The van der Waals surface area contributed by atoms with Crippen molar-refractivity contribution in [2.75, 3.05) is 0 Å². The fourth-order valence-electron chi connectivity index (χ4n) is 8.71. The van der Waals surface area contributed by atoms with Gasteiger partial charge in [0.25, 0.3) is 0 Å². The van der Waals surface area contributed by atoms with E-state index >= 15 is 0 Å². The molecule has 26 heavy (non-hydrogen) atoms. The Morgan fingerprint density at radius 3 is 2.42 bits per heavy atom. The smallest absolute Gasteiger partial charge is 0.0648 e. The van der Waals surface area contributed by atoms with Gasteiger partial charge in [-0.25, -0.2) is 0 Å². The van der Waals surface area contributed by atoms with Crippen molar-refractivity contribution in [2.45, 2.75) is 97.5 Å². The lowest BCUT2D eigenvalue weighted by Crippen LogP contribution is -2.56. The Hall–Kier alpha value is -0.300. The zero-order valence-corrected chi connectivity index (χ0v) is 17.8. The lowest BCUT2D eigenvalue weighted by Gasteiger charge is -2.62. The van der Waals surface area contributed by atoms with Gasteiger partial charge in [0.05, 0.1) is 5.60 Å². The van der Waals surface area contributed by atoms with Crippen molar-refractivity contribution >= 4 is 0 Å². The first-order chi connectivity index (χ1) is 12.3. The van der Waals surface area contributed by atoms with Crippen molar-refractivity contribution in [2.24, 2.45) is 46.3 Å². The Morgan fingerprint density at radius 2 is 1.73 bits per heavy atom. The van der Waals surface area contributed by atoms with Gasteiger partial charge in [0.1, 0.15) is 0 Å². The van der Waals surface area contributed by atoms with E-state index in [1.807, 2.05) is 0 Å². The summed E-state index contributed by atoms with van der Waals surface area (Å²) in [6.07, 6.45) is 15.1.